The highest BCUT2D eigenvalue weighted by atomic mass is 19.4. The van der Waals surface area contributed by atoms with Crippen molar-refractivity contribution in [2.45, 2.75) is 18.6 Å². The zero-order valence-corrected chi connectivity index (χ0v) is 9.70. The lowest BCUT2D eigenvalue weighted by atomic mass is 10.2. The van der Waals surface area contributed by atoms with Crippen molar-refractivity contribution in [3.63, 3.8) is 0 Å². The van der Waals surface area contributed by atoms with E-state index in [0.717, 1.165) is 0 Å². The van der Waals surface area contributed by atoms with Crippen LogP contribution in [0.1, 0.15) is 16.8 Å². The number of aromatic nitrogens is 2. The maximum absolute atomic E-state index is 12.2. The maximum atomic E-state index is 12.2. The maximum Gasteiger partial charge on any atom is 0.406 e. The van der Waals surface area contributed by atoms with Gasteiger partial charge in [0.1, 0.15) is 12.6 Å². The molecule has 1 aliphatic heterocycles. The van der Waals surface area contributed by atoms with Gasteiger partial charge in [-0.3, -0.25) is 14.7 Å². The average molecular weight is 276 g/mol. The first-order valence-electron chi connectivity index (χ1n) is 5.52. The normalized spacial score (nSPS) is 19.8. The first kappa shape index (κ1) is 13.4. The van der Waals surface area contributed by atoms with Crippen molar-refractivity contribution < 1.29 is 22.8 Å². The summed E-state index contributed by atoms with van der Waals surface area (Å²) in [6.07, 6.45) is -1.66. The fourth-order valence-corrected chi connectivity index (χ4v) is 1.86. The third-order valence-corrected chi connectivity index (χ3v) is 2.73. The van der Waals surface area contributed by atoms with E-state index in [1.807, 2.05) is 0 Å². The van der Waals surface area contributed by atoms with Gasteiger partial charge >= 0.3 is 6.18 Å². The predicted molar refractivity (Wildman–Crippen MR) is 57.1 cm³/mol. The standard InChI is InChI=1S/C10H11F3N4O2/c11-10(12,13)5-17-2-1-7(9(17)19)16-8(18)6-3-14-15-4-6/h3-4,7H,1-2,5H2,(H,14,15)(H,16,18). The van der Waals surface area contributed by atoms with Crippen LogP contribution in [0.5, 0.6) is 0 Å². The summed E-state index contributed by atoms with van der Waals surface area (Å²) in [6, 6.07) is -0.912. The molecule has 0 radical (unpaired) electrons. The lowest BCUT2D eigenvalue weighted by molar-refractivity contribution is -0.157. The summed E-state index contributed by atoms with van der Waals surface area (Å²) in [6.45, 7) is -1.31. The molecule has 104 valence electrons. The molecule has 9 heteroatoms. The van der Waals surface area contributed by atoms with Gasteiger partial charge in [-0.15, -0.1) is 0 Å². The number of nitrogens with one attached hydrogen (secondary N) is 2. The molecule has 0 aromatic carbocycles. The highest BCUT2D eigenvalue weighted by Crippen LogP contribution is 2.21. The van der Waals surface area contributed by atoms with E-state index in [4.69, 9.17) is 0 Å². The summed E-state index contributed by atoms with van der Waals surface area (Å²) in [5, 5.41) is 8.39. The Morgan fingerprint density at radius 2 is 2.32 bits per heavy atom. The first-order valence-corrected chi connectivity index (χ1v) is 5.52. The molecule has 2 rings (SSSR count). The van der Waals surface area contributed by atoms with E-state index in [9.17, 15) is 22.8 Å². The van der Waals surface area contributed by atoms with Gasteiger partial charge in [-0.05, 0) is 6.42 Å². The van der Waals surface area contributed by atoms with Crippen molar-refractivity contribution in [1.82, 2.24) is 20.4 Å². The Balaban J connectivity index is 1.93. The number of nitrogens with zero attached hydrogens (tertiary/aromatic N) is 2. The van der Waals surface area contributed by atoms with Crippen LogP contribution < -0.4 is 5.32 Å². The number of likely N-dealkylation sites (tertiary alicyclic amines) is 1. The number of hydrogen-bond donors (Lipinski definition) is 2. The topological polar surface area (TPSA) is 78.1 Å². The fourth-order valence-electron chi connectivity index (χ4n) is 1.86. The highest BCUT2D eigenvalue weighted by Gasteiger charge is 2.39. The molecule has 1 aromatic heterocycles. The Kier molecular flexibility index (Phi) is 3.45. The van der Waals surface area contributed by atoms with Crippen molar-refractivity contribution in [2.24, 2.45) is 0 Å². The van der Waals surface area contributed by atoms with Crippen molar-refractivity contribution >= 4 is 11.8 Å². The molecular weight excluding hydrogens is 265 g/mol. The Hall–Kier alpha value is -2.06. The zero-order chi connectivity index (χ0) is 14.0. The van der Waals surface area contributed by atoms with Crippen LogP contribution in [0.15, 0.2) is 12.4 Å². The molecule has 2 heterocycles. The van der Waals surface area contributed by atoms with Crippen LogP contribution in [0.3, 0.4) is 0 Å². The number of carbonyl (C=O) groups excluding carboxylic acids is 2. The van der Waals surface area contributed by atoms with Gasteiger partial charge in [0.05, 0.1) is 11.8 Å². The van der Waals surface area contributed by atoms with Gasteiger partial charge in [0.25, 0.3) is 5.91 Å². The molecule has 1 fully saturated rings. The van der Waals surface area contributed by atoms with Crippen LogP contribution in [0.25, 0.3) is 0 Å². The van der Waals surface area contributed by atoms with Crippen LogP contribution >= 0.6 is 0 Å². The third-order valence-electron chi connectivity index (χ3n) is 2.73. The Bertz CT molecular complexity index is 472. The number of rotatable bonds is 3. The largest absolute Gasteiger partial charge is 0.406 e. The molecule has 1 saturated heterocycles. The molecule has 2 amide bonds. The van der Waals surface area contributed by atoms with Crippen LogP contribution in [0.2, 0.25) is 0 Å². The number of aromatic amines is 1. The summed E-state index contributed by atoms with van der Waals surface area (Å²) in [5.74, 6) is -1.25. The van der Waals surface area contributed by atoms with E-state index in [1.54, 1.807) is 0 Å². The highest BCUT2D eigenvalue weighted by molar-refractivity contribution is 5.97. The van der Waals surface area contributed by atoms with Gasteiger partial charge in [0.2, 0.25) is 5.91 Å². The van der Waals surface area contributed by atoms with Crippen LogP contribution in [-0.2, 0) is 4.79 Å². The minimum absolute atomic E-state index is 0.0192. The SMILES string of the molecule is O=C(NC1CCN(CC(F)(F)F)C1=O)c1cn[nH]c1. The lowest BCUT2D eigenvalue weighted by Crippen LogP contribution is -2.43. The summed E-state index contributed by atoms with van der Waals surface area (Å²) >= 11 is 0. The number of halogens is 3. The van der Waals surface area contributed by atoms with Crippen molar-refractivity contribution in [1.29, 1.82) is 0 Å². The Morgan fingerprint density at radius 3 is 2.89 bits per heavy atom. The van der Waals surface area contributed by atoms with Gasteiger partial charge in [-0.2, -0.15) is 18.3 Å². The summed E-state index contributed by atoms with van der Waals surface area (Å²) < 4.78 is 36.6. The minimum Gasteiger partial charge on any atom is -0.340 e. The second kappa shape index (κ2) is 4.90. The molecule has 2 N–H and O–H groups in total. The van der Waals surface area contributed by atoms with E-state index in [-0.39, 0.29) is 18.5 Å². The lowest BCUT2D eigenvalue weighted by Gasteiger charge is -2.18. The summed E-state index contributed by atoms with van der Waals surface area (Å²) in [4.78, 5) is 24.0. The zero-order valence-electron chi connectivity index (χ0n) is 9.70. The van der Waals surface area contributed by atoms with E-state index in [0.29, 0.717) is 4.90 Å². The predicted octanol–water partition coefficient (Wildman–Crippen LogP) is 0.303. The molecule has 1 atom stereocenters. The molecule has 1 aromatic rings. The third kappa shape index (κ3) is 3.24. The molecule has 1 aliphatic rings. The van der Waals surface area contributed by atoms with Crippen LogP contribution in [0, 0.1) is 0 Å². The second-order valence-corrected chi connectivity index (χ2v) is 4.18. The van der Waals surface area contributed by atoms with E-state index in [1.165, 1.54) is 12.4 Å². The summed E-state index contributed by atoms with van der Waals surface area (Å²) in [5.41, 5.74) is 0.224. The quantitative estimate of drug-likeness (QED) is 0.833. The van der Waals surface area contributed by atoms with Crippen molar-refractivity contribution in [2.75, 3.05) is 13.1 Å². The Labute approximate surface area is 106 Å². The number of hydrogen-bond acceptors (Lipinski definition) is 3. The smallest absolute Gasteiger partial charge is 0.340 e. The number of carbonyl (C=O) groups is 2. The minimum atomic E-state index is -4.43. The van der Waals surface area contributed by atoms with Gasteiger partial charge in [-0.25, -0.2) is 0 Å². The molecule has 0 saturated carbocycles. The van der Waals surface area contributed by atoms with E-state index < -0.39 is 30.6 Å². The van der Waals surface area contributed by atoms with Crippen LogP contribution in [-0.4, -0.2) is 52.2 Å². The fraction of sp³-hybridized carbons (Fsp3) is 0.500. The molecule has 1 unspecified atom stereocenters. The molecule has 0 bridgehead atoms. The average Bonchev–Trinajstić information content (AvgIpc) is 2.92. The molecule has 0 spiro atoms. The van der Waals surface area contributed by atoms with E-state index in [2.05, 4.69) is 15.5 Å². The molecule has 6 nitrogen and oxygen atoms in total. The van der Waals surface area contributed by atoms with E-state index >= 15 is 0 Å². The van der Waals surface area contributed by atoms with Crippen molar-refractivity contribution in [3.05, 3.63) is 18.0 Å². The molecule has 0 aliphatic carbocycles. The van der Waals surface area contributed by atoms with Gasteiger partial charge < -0.3 is 10.2 Å². The van der Waals surface area contributed by atoms with Gasteiger partial charge in [0.15, 0.2) is 0 Å². The van der Waals surface area contributed by atoms with Gasteiger partial charge in [0, 0.05) is 12.7 Å². The number of H-pyrrole nitrogens is 1. The van der Waals surface area contributed by atoms with Gasteiger partial charge in [-0.1, -0.05) is 0 Å². The van der Waals surface area contributed by atoms with Crippen molar-refractivity contribution in [3.8, 4) is 0 Å². The summed E-state index contributed by atoms with van der Waals surface area (Å²) in [7, 11) is 0. The monoisotopic (exact) mass is 276 g/mol. The number of alkyl halides is 3. The molecule has 19 heavy (non-hydrogen) atoms. The first-order chi connectivity index (χ1) is 8.87. The van der Waals surface area contributed by atoms with Crippen LogP contribution in [0.4, 0.5) is 13.2 Å². The number of amides is 2. The second-order valence-electron chi connectivity index (χ2n) is 4.18. The Morgan fingerprint density at radius 1 is 1.58 bits per heavy atom. The molecular formula is C10H11F3N4O2.